The van der Waals surface area contributed by atoms with Crippen LogP contribution in [0.5, 0.6) is 0 Å². The van der Waals surface area contributed by atoms with Crippen LogP contribution >= 0.6 is 0 Å². The summed E-state index contributed by atoms with van der Waals surface area (Å²) in [5.74, 6) is 0.186. The van der Waals surface area contributed by atoms with Crippen LogP contribution < -0.4 is 11.1 Å². The summed E-state index contributed by atoms with van der Waals surface area (Å²) < 4.78 is 0. The topological polar surface area (TPSA) is 55.1 Å². The standard InChI is InChI=1S/C16H24N2O/c1-2-3-4-5-6-16(19)18-15-10-7-12-11-13(17)8-9-14(12)15/h8-9,11,15H,2-7,10,17H2,1H3,(H,18,19). The highest BCUT2D eigenvalue weighted by atomic mass is 16.1. The Balaban J connectivity index is 1.83. The average molecular weight is 260 g/mol. The van der Waals surface area contributed by atoms with Crippen molar-refractivity contribution in [2.75, 3.05) is 5.73 Å². The number of nitrogens with two attached hydrogens (primary N) is 1. The van der Waals surface area contributed by atoms with Crippen molar-refractivity contribution in [3.63, 3.8) is 0 Å². The number of fused-ring (bicyclic) bond motifs is 1. The first kappa shape index (κ1) is 13.9. The van der Waals surface area contributed by atoms with Crippen molar-refractivity contribution in [3.05, 3.63) is 29.3 Å². The van der Waals surface area contributed by atoms with Crippen LogP contribution in [0.2, 0.25) is 0 Å². The zero-order chi connectivity index (χ0) is 13.7. The maximum atomic E-state index is 11.9. The molecule has 3 N–H and O–H groups in total. The van der Waals surface area contributed by atoms with Gasteiger partial charge in [0.1, 0.15) is 0 Å². The van der Waals surface area contributed by atoms with Gasteiger partial charge in [-0.1, -0.05) is 32.3 Å². The summed E-state index contributed by atoms with van der Waals surface area (Å²) in [6.07, 6.45) is 7.25. The van der Waals surface area contributed by atoms with Gasteiger partial charge >= 0.3 is 0 Å². The number of unbranched alkanes of at least 4 members (excludes halogenated alkanes) is 3. The van der Waals surface area contributed by atoms with Gasteiger partial charge < -0.3 is 11.1 Å². The number of carbonyl (C=O) groups excluding carboxylic acids is 1. The number of benzene rings is 1. The second kappa shape index (κ2) is 6.60. The molecular formula is C16H24N2O. The van der Waals surface area contributed by atoms with Crippen molar-refractivity contribution in [1.29, 1.82) is 0 Å². The molecule has 0 saturated heterocycles. The maximum Gasteiger partial charge on any atom is 0.220 e. The van der Waals surface area contributed by atoms with Crippen LogP contribution in [0.1, 0.15) is 62.6 Å². The Kier molecular flexibility index (Phi) is 4.83. The highest BCUT2D eigenvalue weighted by molar-refractivity contribution is 5.76. The van der Waals surface area contributed by atoms with E-state index < -0.39 is 0 Å². The SMILES string of the molecule is CCCCCCC(=O)NC1CCc2cc(N)ccc21. The van der Waals surface area contributed by atoms with E-state index in [2.05, 4.69) is 18.3 Å². The van der Waals surface area contributed by atoms with Crippen LogP contribution in [0.4, 0.5) is 5.69 Å². The summed E-state index contributed by atoms with van der Waals surface area (Å²) in [4.78, 5) is 11.9. The fourth-order valence-corrected chi connectivity index (χ4v) is 2.77. The molecule has 0 spiro atoms. The Bertz CT molecular complexity index is 442. The Morgan fingerprint density at radius 2 is 2.21 bits per heavy atom. The number of nitrogens with one attached hydrogen (secondary N) is 1. The number of hydrogen-bond donors (Lipinski definition) is 2. The Hall–Kier alpha value is -1.51. The van der Waals surface area contributed by atoms with Gasteiger partial charge in [-0.25, -0.2) is 0 Å². The van der Waals surface area contributed by atoms with Gasteiger partial charge in [0.05, 0.1) is 6.04 Å². The highest BCUT2D eigenvalue weighted by Crippen LogP contribution is 2.32. The van der Waals surface area contributed by atoms with Gasteiger partial charge in [0, 0.05) is 12.1 Å². The van der Waals surface area contributed by atoms with Crippen LogP contribution in [-0.2, 0) is 11.2 Å². The first-order valence-corrected chi connectivity index (χ1v) is 7.38. The molecule has 19 heavy (non-hydrogen) atoms. The van der Waals surface area contributed by atoms with E-state index in [9.17, 15) is 4.79 Å². The van der Waals surface area contributed by atoms with Crippen LogP contribution in [0, 0.1) is 0 Å². The summed E-state index contributed by atoms with van der Waals surface area (Å²) in [6, 6.07) is 6.20. The molecule has 0 aromatic heterocycles. The van der Waals surface area contributed by atoms with Crippen molar-refractivity contribution >= 4 is 11.6 Å². The summed E-state index contributed by atoms with van der Waals surface area (Å²) in [6.45, 7) is 2.18. The van der Waals surface area contributed by atoms with E-state index in [1.165, 1.54) is 24.0 Å². The van der Waals surface area contributed by atoms with Crippen molar-refractivity contribution in [1.82, 2.24) is 5.32 Å². The molecule has 1 unspecified atom stereocenters. The van der Waals surface area contributed by atoms with Gasteiger partial charge in [-0.2, -0.15) is 0 Å². The molecule has 0 heterocycles. The number of rotatable bonds is 6. The van der Waals surface area contributed by atoms with Crippen LogP contribution in [-0.4, -0.2) is 5.91 Å². The molecule has 1 aliphatic rings. The van der Waals surface area contributed by atoms with Crippen molar-refractivity contribution in [3.8, 4) is 0 Å². The predicted octanol–water partition coefficient (Wildman–Crippen LogP) is 3.34. The Morgan fingerprint density at radius 3 is 3.00 bits per heavy atom. The average Bonchev–Trinajstić information content (AvgIpc) is 2.77. The number of carbonyl (C=O) groups is 1. The lowest BCUT2D eigenvalue weighted by molar-refractivity contribution is -0.121. The molecule has 1 aromatic carbocycles. The lowest BCUT2D eigenvalue weighted by atomic mass is 10.1. The summed E-state index contributed by atoms with van der Waals surface area (Å²) in [5.41, 5.74) is 9.13. The zero-order valence-electron chi connectivity index (χ0n) is 11.7. The normalized spacial score (nSPS) is 17.2. The number of amides is 1. The van der Waals surface area contributed by atoms with E-state index >= 15 is 0 Å². The molecule has 2 rings (SSSR count). The first-order valence-electron chi connectivity index (χ1n) is 7.38. The maximum absolute atomic E-state index is 11.9. The lowest BCUT2D eigenvalue weighted by Gasteiger charge is -2.14. The molecule has 0 aliphatic heterocycles. The minimum Gasteiger partial charge on any atom is -0.399 e. The molecule has 1 aromatic rings. The van der Waals surface area contributed by atoms with Gasteiger partial charge in [-0.15, -0.1) is 0 Å². The van der Waals surface area contributed by atoms with E-state index in [1.54, 1.807) is 0 Å². The first-order chi connectivity index (χ1) is 9.20. The third kappa shape index (κ3) is 3.72. The third-order valence-corrected chi connectivity index (χ3v) is 3.84. The molecule has 0 fully saturated rings. The predicted molar refractivity (Wildman–Crippen MR) is 78.8 cm³/mol. The summed E-state index contributed by atoms with van der Waals surface area (Å²) in [5, 5.41) is 3.15. The second-order valence-electron chi connectivity index (χ2n) is 5.43. The number of anilines is 1. The van der Waals surface area contributed by atoms with Gasteiger partial charge in [-0.05, 0) is 42.5 Å². The van der Waals surface area contributed by atoms with Crippen molar-refractivity contribution in [2.45, 2.75) is 57.9 Å². The van der Waals surface area contributed by atoms with E-state index in [0.29, 0.717) is 6.42 Å². The van der Waals surface area contributed by atoms with Gasteiger partial charge in [0.2, 0.25) is 5.91 Å². The highest BCUT2D eigenvalue weighted by Gasteiger charge is 2.23. The van der Waals surface area contributed by atoms with E-state index in [0.717, 1.165) is 31.4 Å². The Labute approximate surface area is 115 Å². The monoisotopic (exact) mass is 260 g/mol. The molecular weight excluding hydrogens is 236 g/mol. The lowest BCUT2D eigenvalue weighted by Crippen LogP contribution is -2.26. The second-order valence-corrected chi connectivity index (χ2v) is 5.43. The van der Waals surface area contributed by atoms with E-state index in [-0.39, 0.29) is 11.9 Å². The largest absolute Gasteiger partial charge is 0.399 e. The molecule has 1 amide bonds. The molecule has 1 aliphatic carbocycles. The van der Waals surface area contributed by atoms with Crippen molar-refractivity contribution in [2.24, 2.45) is 0 Å². The molecule has 0 bridgehead atoms. The van der Waals surface area contributed by atoms with Crippen LogP contribution in [0.15, 0.2) is 18.2 Å². The molecule has 3 nitrogen and oxygen atoms in total. The van der Waals surface area contributed by atoms with Gasteiger partial charge in [0.25, 0.3) is 0 Å². The van der Waals surface area contributed by atoms with E-state index in [1.807, 2.05) is 12.1 Å². The fourth-order valence-electron chi connectivity index (χ4n) is 2.77. The minimum absolute atomic E-state index is 0.186. The molecule has 0 radical (unpaired) electrons. The smallest absolute Gasteiger partial charge is 0.220 e. The van der Waals surface area contributed by atoms with Crippen LogP contribution in [0.25, 0.3) is 0 Å². The van der Waals surface area contributed by atoms with Gasteiger partial charge in [-0.3, -0.25) is 4.79 Å². The molecule has 0 saturated carbocycles. The molecule has 3 heteroatoms. The zero-order valence-corrected chi connectivity index (χ0v) is 11.7. The summed E-state index contributed by atoms with van der Waals surface area (Å²) >= 11 is 0. The van der Waals surface area contributed by atoms with Crippen LogP contribution in [0.3, 0.4) is 0 Å². The number of aryl methyl sites for hydroxylation is 1. The number of hydrogen-bond acceptors (Lipinski definition) is 2. The van der Waals surface area contributed by atoms with Gasteiger partial charge in [0.15, 0.2) is 0 Å². The molecule has 104 valence electrons. The third-order valence-electron chi connectivity index (χ3n) is 3.84. The fraction of sp³-hybridized carbons (Fsp3) is 0.562. The van der Waals surface area contributed by atoms with Crippen molar-refractivity contribution < 1.29 is 4.79 Å². The molecule has 1 atom stereocenters. The van der Waals surface area contributed by atoms with E-state index in [4.69, 9.17) is 5.73 Å². The summed E-state index contributed by atoms with van der Waals surface area (Å²) in [7, 11) is 0. The quantitative estimate of drug-likeness (QED) is 0.609. The Morgan fingerprint density at radius 1 is 1.37 bits per heavy atom. The minimum atomic E-state index is 0.186. The number of nitrogen functional groups attached to an aromatic ring is 1.